The molecule has 4 N–H and O–H groups in total. The van der Waals surface area contributed by atoms with Crippen LogP contribution in [0.15, 0.2) is 18.7 Å². The van der Waals surface area contributed by atoms with Crippen LogP contribution in [0.1, 0.15) is 29.3 Å². The Balaban J connectivity index is 2.07. The number of hydrogen-bond donors (Lipinski definition) is 3. The van der Waals surface area contributed by atoms with Crippen molar-refractivity contribution in [3.8, 4) is 0 Å². The van der Waals surface area contributed by atoms with E-state index in [1.165, 1.54) is 18.7 Å². The maximum absolute atomic E-state index is 11.8. The quantitative estimate of drug-likeness (QED) is 0.667. The number of nitrogen functional groups attached to an aromatic ring is 1. The van der Waals surface area contributed by atoms with E-state index in [0.717, 1.165) is 0 Å². The number of hydrogen-bond acceptors (Lipinski definition) is 6. The number of aromatic nitrogens is 5. The number of aromatic amines is 1. The lowest BCUT2D eigenvalue weighted by atomic mass is 10.3. The molecule has 2 heterocycles. The minimum atomic E-state index is -0.367. The first kappa shape index (κ1) is 11.0. The van der Waals surface area contributed by atoms with Gasteiger partial charge >= 0.3 is 0 Å². The van der Waals surface area contributed by atoms with E-state index in [4.69, 9.17) is 5.73 Å². The Morgan fingerprint density at radius 3 is 3.00 bits per heavy atom. The smallest absolute Gasteiger partial charge is 0.272 e. The van der Waals surface area contributed by atoms with E-state index in [0.29, 0.717) is 5.82 Å². The first-order valence-electron chi connectivity index (χ1n) is 4.90. The first-order valence-corrected chi connectivity index (χ1v) is 4.90. The molecule has 0 aromatic carbocycles. The van der Waals surface area contributed by atoms with Gasteiger partial charge in [-0.25, -0.2) is 9.97 Å². The average Bonchev–Trinajstić information content (AvgIpc) is 2.82. The number of amides is 1. The maximum Gasteiger partial charge on any atom is 0.272 e. The van der Waals surface area contributed by atoms with Gasteiger partial charge in [0.15, 0.2) is 0 Å². The van der Waals surface area contributed by atoms with E-state index in [-0.39, 0.29) is 23.5 Å². The van der Waals surface area contributed by atoms with Crippen LogP contribution < -0.4 is 11.1 Å². The van der Waals surface area contributed by atoms with Gasteiger partial charge in [0.2, 0.25) is 0 Å². The minimum Gasteiger partial charge on any atom is -0.382 e. The largest absolute Gasteiger partial charge is 0.382 e. The molecule has 88 valence electrons. The fraction of sp³-hybridized carbons (Fsp3) is 0.222. The Hall–Kier alpha value is -2.51. The Labute approximate surface area is 96.7 Å². The Bertz CT molecular complexity index is 510. The molecule has 1 unspecified atom stereocenters. The highest BCUT2D eigenvalue weighted by atomic mass is 16.2. The molecule has 0 radical (unpaired) electrons. The molecular formula is C9H11N7O. The molecule has 1 amide bonds. The highest BCUT2D eigenvalue weighted by Gasteiger charge is 2.14. The zero-order valence-electron chi connectivity index (χ0n) is 9.08. The molecule has 0 aliphatic rings. The first-order chi connectivity index (χ1) is 8.16. The second-order valence-electron chi connectivity index (χ2n) is 3.40. The molecule has 2 rings (SSSR count). The van der Waals surface area contributed by atoms with Gasteiger partial charge in [-0.1, -0.05) is 0 Å². The molecule has 1 atom stereocenters. The van der Waals surface area contributed by atoms with Crippen LogP contribution in [0.3, 0.4) is 0 Å². The molecule has 0 aliphatic carbocycles. The number of nitrogens with one attached hydrogen (secondary N) is 2. The normalized spacial score (nSPS) is 12.1. The molecule has 0 saturated heterocycles. The molecule has 8 nitrogen and oxygen atoms in total. The van der Waals surface area contributed by atoms with Crippen LogP contribution in [-0.4, -0.2) is 31.1 Å². The molecule has 0 aliphatic heterocycles. The zero-order chi connectivity index (χ0) is 12.3. The van der Waals surface area contributed by atoms with Crippen molar-refractivity contribution < 1.29 is 4.79 Å². The van der Waals surface area contributed by atoms with Crippen molar-refractivity contribution in [1.82, 2.24) is 30.5 Å². The minimum absolute atomic E-state index is 0.163. The van der Waals surface area contributed by atoms with Crippen LogP contribution in [0.2, 0.25) is 0 Å². The Kier molecular flexibility index (Phi) is 2.95. The highest BCUT2D eigenvalue weighted by Crippen LogP contribution is 2.06. The third-order valence-electron chi connectivity index (χ3n) is 2.08. The number of nitrogens with two attached hydrogens (primary N) is 1. The number of rotatable bonds is 3. The number of nitrogens with zero attached hydrogens (tertiary/aromatic N) is 4. The van der Waals surface area contributed by atoms with Gasteiger partial charge in [-0.3, -0.25) is 14.9 Å². The number of carbonyl (C=O) groups excluding carboxylic acids is 1. The van der Waals surface area contributed by atoms with Crippen LogP contribution in [-0.2, 0) is 0 Å². The summed E-state index contributed by atoms with van der Waals surface area (Å²) in [5.41, 5.74) is 5.60. The summed E-state index contributed by atoms with van der Waals surface area (Å²) in [6, 6.07) is -0.298. The summed E-state index contributed by atoms with van der Waals surface area (Å²) in [4.78, 5) is 23.4. The van der Waals surface area contributed by atoms with Gasteiger partial charge in [0.25, 0.3) is 5.91 Å². The predicted molar refractivity (Wildman–Crippen MR) is 58.7 cm³/mol. The van der Waals surface area contributed by atoms with Crippen LogP contribution in [0.25, 0.3) is 0 Å². The van der Waals surface area contributed by atoms with Crippen molar-refractivity contribution in [2.24, 2.45) is 0 Å². The van der Waals surface area contributed by atoms with E-state index in [9.17, 15) is 4.79 Å². The van der Waals surface area contributed by atoms with Crippen molar-refractivity contribution >= 4 is 11.7 Å². The number of anilines is 1. The van der Waals surface area contributed by atoms with Crippen molar-refractivity contribution in [1.29, 1.82) is 0 Å². The summed E-state index contributed by atoms with van der Waals surface area (Å²) in [6.45, 7) is 1.78. The molecule has 17 heavy (non-hydrogen) atoms. The van der Waals surface area contributed by atoms with Gasteiger partial charge in [-0.2, -0.15) is 5.10 Å². The average molecular weight is 233 g/mol. The fourth-order valence-electron chi connectivity index (χ4n) is 1.25. The molecule has 2 aromatic heterocycles. The third kappa shape index (κ3) is 2.54. The number of H-pyrrole nitrogens is 1. The molecule has 2 aromatic rings. The maximum atomic E-state index is 11.8. The SMILES string of the molecule is CC(NC(=O)c1cncc(N)n1)c1ncn[nH]1. The second kappa shape index (κ2) is 4.56. The Morgan fingerprint density at radius 1 is 1.53 bits per heavy atom. The van der Waals surface area contributed by atoms with Crippen molar-refractivity contribution in [2.75, 3.05) is 5.73 Å². The molecule has 8 heteroatoms. The molecule has 0 bridgehead atoms. The van der Waals surface area contributed by atoms with E-state index in [2.05, 4.69) is 30.5 Å². The monoisotopic (exact) mass is 233 g/mol. The summed E-state index contributed by atoms with van der Waals surface area (Å²) in [5, 5.41) is 9.07. The van der Waals surface area contributed by atoms with Crippen LogP contribution in [0.5, 0.6) is 0 Å². The van der Waals surface area contributed by atoms with Crippen molar-refractivity contribution in [3.05, 3.63) is 30.2 Å². The highest BCUT2D eigenvalue weighted by molar-refractivity contribution is 5.92. The van der Waals surface area contributed by atoms with E-state index >= 15 is 0 Å². The standard InChI is InChI=1S/C9H11N7O/c1-5(8-12-4-13-16-8)14-9(17)6-2-11-3-7(10)15-6/h2-5H,1H3,(H2,10,15)(H,14,17)(H,12,13,16). The van der Waals surface area contributed by atoms with Gasteiger partial charge in [0.05, 0.1) is 18.4 Å². The van der Waals surface area contributed by atoms with Gasteiger partial charge in [-0.05, 0) is 6.92 Å². The predicted octanol–water partition coefficient (Wildman–Crippen LogP) is -0.332. The van der Waals surface area contributed by atoms with Crippen LogP contribution in [0, 0.1) is 0 Å². The summed E-state index contributed by atoms with van der Waals surface area (Å²) >= 11 is 0. The van der Waals surface area contributed by atoms with E-state index in [1.807, 2.05) is 0 Å². The van der Waals surface area contributed by atoms with Gasteiger partial charge in [-0.15, -0.1) is 0 Å². The van der Waals surface area contributed by atoms with Gasteiger partial charge in [0.1, 0.15) is 23.7 Å². The van der Waals surface area contributed by atoms with Gasteiger partial charge < -0.3 is 11.1 Å². The fourth-order valence-corrected chi connectivity index (χ4v) is 1.25. The molecule has 0 saturated carbocycles. The van der Waals surface area contributed by atoms with E-state index < -0.39 is 0 Å². The second-order valence-corrected chi connectivity index (χ2v) is 3.40. The summed E-state index contributed by atoms with van der Waals surface area (Å²) in [5.74, 6) is 0.397. The Morgan fingerprint density at radius 2 is 2.35 bits per heavy atom. The summed E-state index contributed by atoms with van der Waals surface area (Å²) in [7, 11) is 0. The lowest BCUT2D eigenvalue weighted by Gasteiger charge is -2.10. The molecule has 0 fully saturated rings. The third-order valence-corrected chi connectivity index (χ3v) is 2.08. The summed E-state index contributed by atoms with van der Waals surface area (Å²) < 4.78 is 0. The van der Waals surface area contributed by atoms with Crippen molar-refractivity contribution in [3.63, 3.8) is 0 Å². The van der Waals surface area contributed by atoms with Crippen LogP contribution >= 0.6 is 0 Å². The topological polar surface area (TPSA) is 122 Å². The van der Waals surface area contributed by atoms with Crippen LogP contribution in [0.4, 0.5) is 5.82 Å². The van der Waals surface area contributed by atoms with Gasteiger partial charge in [0, 0.05) is 0 Å². The number of carbonyl (C=O) groups is 1. The zero-order valence-corrected chi connectivity index (χ0v) is 9.08. The molecular weight excluding hydrogens is 222 g/mol. The van der Waals surface area contributed by atoms with E-state index in [1.54, 1.807) is 6.92 Å². The summed E-state index contributed by atoms with van der Waals surface area (Å²) in [6.07, 6.45) is 4.09. The van der Waals surface area contributed by atoms with Crippen molar-refractivity contribution in [2.45, 2.75) is 13.0 Å². The molecule has 0 spiro atoms. The lowest BCUT2D eigenvalue weighted by molar-refractivity contribution is 0.0933. The lowest BCUT2D eigenvalue weighted by Crippen LogP contribution is -2.28.